The normalized spacial score (nSPS) is 15.5. The van der Waals surface area contributed by atoms with Crippen LogP contribution in [-0.4, -0.2) is 36.7 Å². The molecule has 0 aromatic heterocycles. The minimum absolute atomic E-state index is 0.0755. The van der Waals surface area contributed by atoms with Gasteiger partial charge < -0.3 is 20.1 Å². The largest absolute Gasteiger partial charge is 0.450 e. The quantitative estimate of drug-likeness (QED) is 0.375. The van der Waals surface area contributed by atoms with Gasteiger partial charge in [-0.3, -0.25) is 9.59 Å². The number of fused-ring (bicyclic) bond motifs is 3. The number of benzene rings is 3. The minimum Gasteiger partial charge on any atom is -0.450 e. The first-order valence-electron chi connectivity index (χ1n) is 13.1. The molecule has 0 bridgehead atoms. The Hall–Kier alpha value is -4.13. The third kappa shape index (κ3) is 6.05. The summed E-state index contributed by atoms with van der Waals surface area (Å²) in [5.41, 5.74) is 5.45. The molecule has 0 heterocycles. The van der Waals surface area contributed by atoms with Crippen molar-refractivity contribution >= 4 is 18.0 Å². The molecule has 0 saturated heterocycles. The zero-order chi connectivity index (χ0) is 26.5. The number of hydrogen-bond donors (Lipinski definition) is 2. The van der Waals surface area contributed by atoms with Crippen molar-refractivity contribution < 1.29 is 23.9 Å². The number of amides is 2. The number of hydrogen-bond acceptors (Lipinski definition) is 5. The molecule has 2 atom stereocenters. The van der Waals surface area contributed by atoms with Gasteiger partial charge in [-0.2, -0.15) is 0 Å². The lowest BCUT2D eigenvalue weighted by molar-refractivity contribution is -0.156. The molecule has 196 valence electrons. The van der Waals surface area contributed by atoms with Crippen LogP contribution in [0.4, 0.5) is 4.79 Å². The van der Waals surface area contributed by atoms with Crippen molar-refractivity contribution in [2.24, 2.45) is 5.92 Å². The summed E-state index contributed by atoms with van der Waals surface area (Å²) in [6.45, 7) is 1.71. The Morgan fingerprint density at radius 2 is 1.47 bits per heavy atom. The molecule has 1 fully saturated rings. The Kier molecular flexibility index (Phi) is 7.73. The zero-order valence-electron chi connectivity index (χ0n) is 21.4. The number of carbonyl (C=O) groups excluding carboxylic acids is 3. The number of carbonyl (C=O) groups is 3. The average Bonchev–Trinajstić information content (AvgIpc) is 3.69. The predicted molar refractivity (Wildman–Crippen MR) is 143 cm³/mol. The maximum Gasteiger partial charge on any atom is 0.407 e. The molecule has 7 heteroatoms. The van der Waals surface area contributed by atoms with E-state index in [0.29, 0.717) is 18.9 Å². The molecule has 2 amide bonds. The second kappa shape index (κ2) is 11.5. The number of ether oxygens (including phenoxy) is 2. The molecule has 3 aromatic rings. The third-order valence-corrected chi connectivity index (χ3v) is 7.16. The summed E-state index contributed by atoms with van der Waals surface area (Å²) in [4.78, 5) is 38.1. The average molecular weight is 513 g/mol. The van der Waals surface area contributed by atoms with Gasteiger partial charge in [0.1, 0.15) is 6.61 Å². The fraction of sp³-hybridized carbons (Fsp3) is 0.323. The van der Waals surface area contributed by atoms with Gasteiger partial charge >= 0.3 is 12.1 Å². The lowest BCUT2D eigenvalue weighted by Gasteiger charge is -2.27. The summed E-state index contributed by atoms with van der Waals surface area (Å²) in [5.74, 6) is -0.740. The number of nitrogens with one attached hydrogen (secondary N) is 2. The summed E-state index contributed by atoms with van der Waals surface area (Å²) in [6, 6.07) is 25.1. The second-order valence-corrected chi connectivity index (χ2v) is 9.99. The van der Waals surface area contributed by atoms with E-state index in [1.165, 1.54) is 6.92 Å². The van der Waals surface area contributed by atoms with Gasteiger partial charge in [0.25, 0.3) is 5.91 Å². The maximum absolute atomic E-state index is 13.1. The van der Waals surface area contributed by atoms with E-state index in [-0.39, 0.29) is 12.5 Å². The highest BCUT2D eigenvalue weighted by Gasteiger charge is 2.37. The van der Waals surface area contributed by atoms with Gasteiger partial charge in [-0.15, -0.1) is 0 Å². The van der Waals surface area contributed by atoms with Crippen molar-refractivity contribution in [1.29, 1.82) is 0 Å². The van der Waals surface area contributed by atoms with Crippen LogP contribution in [-0.2, 0) is 25.6 Å². The van der Waals surface area contributed by atoms with Gasteiger partial charge in [0.05, 0.1) is 6.04 Å². The fourth-order valence-electron chi connectivity index (χ4n) is 5.15. The first kappa shape index (κ1) is 25.5. The monoisotopic (exact) mass is 512 g/mol. The van der Waals surface area contributed by atoms with Crippen LogP contribution < -0.4 is 10.6 Å². The molecule has 5 rings (SSSR count). The second-order valence-electron chi connectivity index (χ2n) is 9.99. The third-order valence-electron chi connectivity index (χ3n) is 7.16. The SMILES string of the molecule is CC(=O)OC(C(=O)NCc1ccccc1)[C@H](CC1CC1)NC(=O)OCC1c2ccccc2-c2ccccc21. The zero-order valence-corrected chi connectivity index (χ0v) is 21.4. The fourth-order valence-corrected chi connectivity index (χ4v) is 5.15. The van der Waals surface area contributed by atoms with Crippen LogP contribution in [0.15, 0.2) is 78.9 Å². The molecule has 0 aliphatic heterocycles. The smallest absolute Gasteiger partial charge is 0.407 e. The molecule has 2 aliphatic carbocycles. The van der Waals surface area contributed by atoms with Gasteiger partial charge in [0.2, 0.25) is 0 Å². The predicted octanol–water partition coefficient (Wildman–Crippen LogP) is 4.94. The van der Waals surface area contributed by atoms with E-state index in [1.807, 2.05) is 54.6 Å². The van der Waals surface area contributed by atoms with Crippen LogP contribution >= 0.6 is 0 Å². The summed E-state index contributed by atoms with van der Waals surface area (Å²) < 4.78 is 11.2. The van der Waals surface area contributed by atoms with Crippen LogP contribution in [0.5, 0.6) is 0 Å². The number of rotatable bonds is 10. The van der Waals surface area contributed by atoms with Gasteiger partial charge in [-0.25, -0.2) is 4.79 Å². The molecule has 7 nitrogen and oxygen atoms in total. The summed E-state index contributed by atoms with van der Waals surface area (Å²) in [7, 11) is 0. The Morgan fingerprint density at radius 1 is 0.868 bits per heavy atom. The summed E-state index contributed by atoms with van der Waals surface area (Å²) >= 11 is 0. The Bertz CT molecular complexity index is 1260. The highest BCUT2D eigenvalue weighted by Crippen LogP contribution is 2.44. The topological polar surface area (TPSA) is 93.7 Å². The number of alkyl carbamates (subject to hydrolysis) is 1. The van der Waals surface area contributed by atoms with Gasteiger partial charge in [-0.05, 0) is 40.2 Å². The van der Waals surface area contributed by atoms with Crippen LogP contribution in [0.3, 0.4) is 0 Å². The molecule has 2 N–H and O–H groups in total. The summed E-state index contributed by atoms with van der Waals surface area (Å²) in [5, 5.41) is 5.69. The van der Waals surface area contributed by atoms with E-state index < -0.39 is 30.1 Å². The first-order chi connectivity index (χ1) is 18.5. The van der Waals surface area contributed by atoms with Crippen LogP contribution in [0.1, 0.15) is 48.8 Å². The van der Waals surface area contributed by atoms with E-state index in [1.54, 1.807) is 0 Å². The molecule has 38 heavy (non-hydrogen) atoms. The Labute approximate surface area is 222 Å². The van der Waals surface area contributed by atoms with Crippen LogP contribution in [0, 0.1) is 5.92 Å². The lowest BCUT2D eigenvalue weighted by Crippen LogP contribution is -2.52. The van der Waals surface area contributed by atoms with E-state index in [4.69, 9.17) is 9.47 Å². The molecule has 1 saturated carbocycles. The van der Waals surface area contributed by atoms with Crippen LogP contribution in [0.25, 0.3) is 11.1 Å². The van der Waals surface area contributed by atoms with E-state index in [2.05, 4.69) is 34.9 Å². The van der Waals surface area contributed by atoms with Crippen molar-refractivity contribution in [2.45, 2.75) is 50.8 Å². The molecular weight excluding hydrogens is 480 g/mol. The lowest BCUT2D eigenvalue weighted by atomic mass is 9.98. The van der Waals surface area contributed by atoms with E-state index in [9.17, 15) is 14.4 Å². The highest BCUT2D eigenvalue weighted by atomic mass is 16.6. The number of esters is 1. The van der Waals surface area contributed by atoms with Crippen molar-refractivity contribution in [3.63, 3.8) is 0 Å². The molecular formula is C31H32N2O5. The van der Waals surface area contributed by atoms with Crippen molar-refractivity contribution in [2.75, 3.05) is 6.61 Å². The van der Waals surface area contributed by atoms with E-state index in [0.717, 1.165) is 40.7 Å². The van der Waals surface area contributed by atoms with Crippen molar-refractivity contribution in [1.82, 2.24) is 10.6 Å². The molecule has 1 unspecified atom stereocenters. The van der Waals surface area contributed by atoms with Crippen LogP contribution in [0.2, 0.25) is 0 Å². The van der Waals surface area contributed by atoms with E-state index >= 15 is 0 Å². The maximum atomic E-state index is 13.1. The molecule has 0 radical (unpaired) electrons. The minimum atomic E-state index is -1.16. The molecule has 0 spiro atoms. The summed E-state index contributed by atoms with van der Waals surface area (Å²) in [6.07, 6.45) is 0.770. The van der Waals surface area contributed by atoms with Gasteiger partial charge in [-0.1, -0.05) is 91.7 Å². The standard InChI is InChI=1S/C31H32N2O5/c1-20(34)38-29(30(35)32-18-22-9-3-2-4-10-22)28(17-21-15-16-21)33-31(36)37-19-27-25-13-7-5-11-23(25)24-12-6-8-14-26(24)27/h2-14,21,27-29H,15-19H2,1H3,(H,32,35)(H,33,36)/t28-,29?/m0/s1. The Balaban J connectivity index is 1.26. The highest BCUT2D eigenvalue weighted by molar-refractivity contribution is 5.85. The van der Waals surface area contributed by atoms with Gasteiger partial charge in [0, 0.05) is 19.4 Å². The molecule has 3 aromatic carbocycles. The van der Waals surface area contributed by atoms with Crippen molar-refractivity contribution in [3.8, 4) is 11.1 Å². The Morgan fingerprint density at radius 3 is 2.08 bits per heavy atom. The first-order valence-corrected chi connectivity index (χ1v) is 13.1. The van der Waals surface area contributed by atoms with Crippen molar-refractivity contribution in [3.05, 3.63) is 95.6 Å². The van der Waals surface area contributed by atoms with Gasteiger partial charge in [0.15, 0.2) is 6.10 Å². The molecule has 2 aliphatic rings.